The second kappa shape index (κ2) is 8.59. The molecule has 0 aliphatic carbocycles. The third-order valence-corrected chi connectivity index (χ3v) is 4.18. The van der Waals surface area contributed by atoms with Gasteiger partial charge in [-0.15, -0.1) is 10.2 Å². The Morgan fingerprint density at radius 1 is 1.22 bits per heavy atom. The summed E-state index contributed by atoms with van der Waals surface area (Å²) in [4.78, 5) is 13.7. The van der Waals surface area contributed by atoms with Crippen LogP contribution in [0.2, 0.25) is 0 Å². The zero-order chi connectivity index (χ0) is 16.7. The minimum Gasteiger partial charge on any atom is -0.494 e. The molecule has 0 bridgehead atoms. The van der Waals surface area contributed by atoms with E-state index >= 15 is 0 Å². The number of nitrogens with zero attached hydrogens (tertiary/aromatic N) is 3. The standard InChI is InChI=1S/C16H21N3O3S/c1-4-14(20)19(10-11-21-3)16-18-17-15(23-16)12-6-8-13(9-7-12)22-5-2/h6-9H,4-5,10-11H2,1-3H3. The van der Waals surface area contributed by atoms with Crippen LogP contribution in [0.1, 0.15) is 20.3 Å². The van der Waals surface area contributed by atoms with Crippen LogP contribution in [0.3, 0.4) is 0 Å². The van der Waals surface area contributed by atoms with Crippen LogP contribution >= 0.6 is 11.3 Å². The number of amides is 1. The summed E-state index contributed by atoms with van der Waals surface area (Å²) in [5.41, 5.74) is 0.952. The van der Waals surface area contributed by atoms with Gasteiger partial charge in [0.2, 0.25) is 11.0 Å². The van der Waals surface area contributed by atoms with Gasteiger partial charge < -0.3 is 9.47 Å². The van der Waals surface area contributed by atoms with Crippen molar-refractivity contribution in [3.63, 3.8) is 0 Å². The van der Waals surface area contributed by atoms with Gasteiger partial charge in [0.05, 0.1) is 19.8 Å². The molecule has 0 aliphatic rings. The fourth-order valence-electron chi connectivity index (χ4n) is 2.00. The molecule has 0 spiro atoms. The van der Waals surface area contributed by atoms with E-state index in [-0.39, 0.29) is 5.91 Å². The lowest BCUT2D eigenvalue weighted by atomic mass is 10.2. The number of carbonyl (C=O) groups excluding carboxylic acids is 1. The van der Waals surface area contributed by atoms with Gasteiger partial charge in [-0.3, -0.25) is 9.69 Å². The van der Waals surface area contributed by atoms with Crippen LogP contribution in [0.25, 0.3) is 10.6 Å². The van der Waals surface area contributed by atoms with E-state index in [0.717, 1.165) is 16.3 Å². The van der Waals surface area contributed by atoms with Crippen molar-refractivity contribution in [1.29, 1.82) is 0 Å². The van der Waals surface area contributed by atoms with Crippen molar-refractivity contribution in [3.8, 4) is 16.3 Å². The summed E-state index contributed by atoms with van der Waals surface area (Å²) in [7, 11) is 1.61. The summed E-state index contributed by atoms with van der Waals surface area (Å²) in [5, 5.41) is 9.73. The van der Waals surface area contributed by atoms with E-state index in [4.69, 9.17) is 9.47 Å². The van der Waals surface area contributed by atoms with Crippen molar-refractivity contribution in [1.82, 2.24) is 10.2 Å². The molecule has 2 aromatic rings. The molecule has 0 saturated heterocycles. The number of rotatable bonds is 8. The Morgan fingerprint density at radius 2 is 1.96 bits per heavy atom. The average Bonchev–Trinajstić information content (AvgIpc) is 3.05. The van der Waals surface area contributed by atoms with Crippen LogP contribution in [-0.4, -0.2) is 43.0 Å². The maximum atomic E-state index is 12.1. The van der Waals surface area contributed by atoms with Gasteiger partial charge in [0.25, 0.3) is 0 Å². The largest absolute Gasteiger partial charge is 0.494 e. The van der Waals surface area contributed by atoms with Crippen LogP contribution in [0.15, 0.2) is 24.3 Å². The molecule has 1 amide bonds. The van der Waals surface area contributed by atoms with E-state index < -0.39 is 0 Å². The number of ether oxygens (including phenoxy) is 2. The molecule has 1 heterocycles. The predicted molar refractivity (Wildman–Crippen MR) is 91.0 cm³/mol. The summed E-state index contributed by atoms with van der Waals surface area (Å²) in [6, 6.07) is 7.69. The van der Waals surface area contributed by atoms with Gasteiger partial charge in [-0.2, -0.15) is 0 Å². The second-order valence-corrected chi connectivity index (χ2v) is 5.69. The Kier molecular flexibility index (Phi) is 6.49. The fraction of sp³-hybridized carbons (Fsp3) is 0.438. The zero-order valence-corrected chi connectivity index (χ0v) is 14.4. The molecule has 0 atom stereocenters. The first-order valence-corrected chi connectivity index (χ1v) is 8.37. The summed E-state index contributed by atoms with van der Waals surface area (Å²) in [6.45, 7) is 5.35. The van der Waals surface area contributed by atoms with Gasteiger partial charge >= 0.3 is 0 Å². The lowest BCUT2D eigenvalue weighted by Gasteiger charge is -2.17. The second-order valence-electron chi connectivity index (χ2n) is 4.74. The summed E-state index contributed by atoms with van der Waals surface area (Å²) >= 11 is 1.39. The molecule has 0 fully saturated rings. The first-order valence-electron chi connectivity index (χ1n) is 7.55. The van der Waals surface area contributed by atoms with E-state index in [9.17, 15) is 4.79 Å². The van der Waals surface area contributed by atoms with Crippen molar-refractivity contribution < 1.29 is 14.3 Å². The maximum absolute atomic E-state index is 12.1. The van der Waals surface area contributed by atoms with Crippen molar-refractivity contribution in [3.05, 3.63) is 24.3 Å². The lowest BCUT2D eigenvalue weighted by Crippen LogP contribution is -2.33. The summed E-state index contributed by atoms with van der Waals surface area (Å²) in [6.07, 6.45) is 0.418. The first-order chi connectivity index (χ1) is 11.2. The van der Waals surface area contributed by atoms with E-state index in [0.29, 0.717) is 31.3 Å². The van der Waals surface area contributed by atoms with Gasteiger partial charge in [0, 0.05) is 19.1 Å². The highest BCUT2D eigenvalue weighted by molar-refractivity contribution is 7.18. The number of methoxy groups -OCH3 is 1. The topological polar surface area (TPSA) is 64.6 Å². The van der Waals surface area contributed by atoms with Gasteiger partial charge in [-0.25, -0.2) is 0 Å². The van der Waals surface area contributed by atoms with Crippen molar-refractivity contribution in [2.45, 2.75) is 20.3 Å². The quantitative estimate of drug-likeness (QED) is 0.742. The van der Waals surface area contributed by atoms with Crippen LogP contribution < -0.4 is 9.64 Å². The molecular formula is C16H21N3O3S. The van der Waals surface area contributed by atoms with Crippen LogP contribution in [0.5, 0.6) is 5.75 Å². The van der Waals surface area contributed by atoms with Crippen LogP contribution in [-0.2, 0) is 9.53 Å². The molecule has 0 N–H and O–H groups in total. The molecule has 0 aliphatic heterocycles. The molecule has 0 unspecified atom stereocenters. The van der Waals surface area contributed by atoms with Crippen LogP contribution in [0, 0.1) is 0 Å². The molecule has 1 aromatic carbocycles. The zero-order valence-electron chi connectivity index (χ0n) is 13.6. The van der Waals surface area contributed by atoms with Gasteiger partial charge in [-0.1, -0.05) is 18.3 Å². The van der Waals surface area contributed by atoms with E-state index in [1.54, 1.807) is 12.0 Å². The minimum atomic E-state index is 0.0106. The summed E-state index contributed by atoms with van der Waals surface area (Å²) < 4.78 is 10.5. The molecule has 23 heavy (non-hydrogen) atoms. The SMILES string of the molecule is CCOc1ccc(-c2nnc(N(CCOC)C(=O)CC)s2)cc1. The van der Waals surface area contributed by atoms with E-state index in [1.807, 2.05) is 38.1 Å². The molecule has 0 saturated carbocycles. The Morgan fingerprint density at radius 3 is 2.57 bits per heavy atom. The molecule has 2 rings (SSSR count). The maximum Gasteiger partial charge on any atom is 0.228 e. The summed E-state index contributed by atoms with van der Waals surface area (Å²) in [5.74, 6) is 0.834. The molecule has 124 valence electrons. The fourth-order valence-corrected chi connectivity index (χ4v) is 2.90. The number of aromatic nitrogens is 2. The lowest BCUT2D eigenvalue weighted by molar-refractivity contribution is -0.118. The van der Waals surface area contributed by atoms with Gasteiger partial charge in [0.15, 0.2) is 0 Å². The Labute approximate surface area is 140 Å². The first kappa shape index (κ1) is 17.4. The van der Waals surface area contributed by atoms with Crippen molar-refractivity contribution in [2.75, 3.05) is 31.8 Å². The number of hydrogen-bond acceptors (Lipinski definition) is 6. The highest BCUT2D eigenvalue weighted by atomic mass is 32.1. The Bertz CT molecular complexity index is 628. The minimum absolute atomic E-state index is 0.0106. The monoisotopic (exact) mass is 335 g/mol. The number of anilines is 1. The molecular weight excluding hydrogens is 314 g/mol. The molecule has 0 radical (unpaired) electrons. The highest BCUT2D eigenvalue weighted by Crippen LogP contribution is 2.30. The number of carbonyl (C=O) groups is 1. The van der Waals surface area contributed by atoms with Gasteiger partial charge in [0.1, 0.15) is 10.8 Å². The van der Waals surface area contributed by atoms with E-state index in [2.05, 4.69) is 10.2 Å². The molecule has 6 nitrogen and oxygen atoms in total. The van der Waals surface area contributed by atoms with Crippen molar-refractivity contribution >= 4 is 22.4 Å². The normalized spacial score (nSPS) is 10.6. The number of hydrogen-bond donors (Lipinski definition) is 0. The third-order valence-electron chi connectivity index (χ3n) is 3.18. The Hall–Kier alpha value is -1.99. The number of benzene rings is 1. The van der Waals surface area contributed by atoms with E-state index in [1.165, 1.54) is 11.3 Å². The Balaban J connectivity index is 2.18. The third kappa shape index (κ3) is 4.49. The predicted octanol–water partition coefficient (Wildman–Crippen LogP) is 2.99. The van der Waals surface area contributed by atoms with Crippen molar-refractivity contribution in [2.24, 2.45) is 0 Å². The smallest absolute Gasteiger partial charge is 0.228 e. The average molecular weight is 335 g/mol. The van der Waals surface area contributed by atoms with Crippen LogP contribution in [0.4, 0.5) is 5.13 Å². The van der Waals surface area contributed by atoms with Gasteiger partial charge in [-0.05, 0) is 31.2 Å². The molecule has 1 aromatic heterocycles. The highest BCUT2D eigenvalue weighted by Gasteiger charge is 2.18. The molecule has 7 heteroatoms.